The van der Waals surface area contributed by atoms with E-state index in [0.717, 1.165) is 0 Å². The van der Waals surface area contributed by atoms with Crippen molar-refractivity contribution in [3.63, 3.8) is 0 Å². The van der Waals surface area contributed by atoms with Gasteiger partial charge in [-0.15, -0.1) is 0 Å². The summed E-state index contributed by atoms with van der Waals surface area (Å²) in [5.41, 5.74) is 5.12. The summed E-state index contributed by atoms with van der Waals surface area (Å²) in [6.45, 7) is 0.505. The third-order valence-electron chi connectivity index (χ3n) is 0.929. The molecule has 3 nitrogen and oxygen atoms in total. The largest absolute Gasteiger partial charge is 0.330 e. The van der Waals surface area contributed by atoms with Crippen LogP contribution in [0.3, 0.4) is 0 Å². The van der Waals surface area contributed by atoms with Crippen LogP contribution >= 0.6 is 0 Å². The Balaban J connectivity index is 3.16. The van der Waals surface area contributed by atoms with Crippen LogP contribution in [0.25, 0.3) is 0 Å². The SMILES string of the molecule is NCCCC(=O)C[C]=O. The standard InChI is InChI=1S/C6H10NO2/c7-4-1-2-6(9)3-5-8/h1-4,7H2. The minimum atomic E-state index is -0.0833. The van der Waals surface area contributed by atoms with Gasteiger partial charge < -0.3 is 5.73 Å². The topological polar surface area (TPSA) is 60.2 Å². The molecule has 0 aromatic carbocycles. The van der Waals surface area contributed by atoms with E-state index in [1.807, 2.05) is 0 Å². The third-order valence-corrected chi connectivity index (χ3v) is 0.929. The van der Waals surface area contributed by atoms with Crippen LogP contribution < -0.4 is 5.73 Å². The normalized spacial score (nSPS) is 9.00. The quantitative estimate of drug-likeness (QED) is 0.521. The van der Waals surface area contributed by atoms with Crippen LogP contribution in [0.15, 0.2) is 0 Å². The second-order valence-electron chi connectivity index (χ2n) is 1.75. The molecule has 0 atom stereocenters. The van der Waals surface area contributed by atoms with Crippen LogP contribution in [-0.2, 0) is 9.59 Å². The van der Waals surface area contributed by atoms with Crippen molar-refractivity contribution < 1.29 is 9.59 Å². The lowest BCUT2D eigenvalue weighted by atomic mass is 10.2. The van der Waals surface area contributed by atoms with Crippen molar-refractivity contribution in [3.05, 3.63) is 0 Å². The second kappa shape index (κ2) is 5.44. The molecule has 2 N–H and O–H groups in total. The molecule has 0 aliphatic rings. The Labute approximate surface area is 54.2 Å². The molecule has 0 aromatic rings. The lowest BCUT2D eigenvalue weighted by Crippen LogP contribution is -2.04. The molecule has 0 spiro atoms. The van der Waals surface area contributed by atoms with Gasteiger partial charge >= 0.3 is 0 Å². The summed E-state index contributed by atoms with van der Waals surface area (Å²) in [5.74, 6) is -0.0737. The van der Waals surface area contributed by atoms with Gasteiger partial charge in [0.05, 0.1) is 6.42 Å². The fourth-order valence-electron chi connectivity index (χ4n) is 0.468. The Morgan fingerprint density at radius 1 is 1.56 bits per heavy atom. The van der Waals surface area contributed by atoms with Gasteiger partial charge in [-0.2, -0.15) is 0 Å². The average Bonchev–Trinajstić information content (AvgIpc) is 1.85. The molecule has 0 amide bonds. The maximum Gasteiger partial charge on any atom is 0.206 e. The molecule has 0 rings (SSSR count). The molecule has 0 heterocycles. The predicted molar refractivity (Wildman–Crippen MR) is 33.6 cm³/mol. The number of nitrogens with two attached hydrogens (primary N) is 1. The molecule has 0 aromatic heterocycles. The van der Waals surface area contributed by atoms with Crippen LogP contribution in [0.2, 0.25) is 0 Å². The van der Waals surface area contributed by atoms with Crippen molar-refractivity contribution in [3.8, 4) is 0 Å². The predicted octanol–water partition coefficient (Wildman–Crippen LogP) is -0.206. The number of hydrogen-bond donors (Lipinski definition) is 1. The fraction of sp³-hybridized carbons (Fsp3) is 0.667. The first-order valence-corrected chi connectivity index (χ1v) is 2.88. The van der Waals surface area contributed by atoms with Gasteiger partial charge in [0.2, 0.25) is 6.29 Å². The van der Waals surface area contributed by atoms with Gasteiger partial charge in [0.25, 0.3) is 0 Å². The number of carbonyl (C=O) groups is 1. The molecular formula is C6H10NO2. The molecule has 0 aliphatic heterocycles. The smallest absolute Gasteiger partial charge is 0.206 e. The van der Waals surface area contributed by atoms with E-state index in [4.69, 9.17) is 5.73 Å². The molecule has 0 unspecified atom stereocenters. The van der Waals surface area contributed by atoms with Crippen molar-refractivity contribution in [2.75, 3.05) is 6.54 Å². The van der Waals surface area contributed by atoms with E-state index < -0.39 is 0 Å². The molecule has 0 saturated heterocycles. The van der Waals surface area contributed by atoms with Gasteiger partial charge in [0.1, 0.15) is 5.78 Å². The van der Waals surface area contributed by atoms with E-state index in [1.54, 1.807) is 0 Å². The highest BCUT2D eigenvalue weighted by atomic mass is 16.1. The van der Waals surface area contributed by atoms with Crippen LogP contribution in [0.5, 0.6) is 0 Å². The maximum atomic E-state index is 10.5. The lowest BCUT2D eigenvalue weighted by Gasteiger charge is -1.90. The molecule has 0 saturated carbocycles. The summed E-state index contributed by atoms with van der Waals surface area (Å²) in [4.78, 5) is 20.1. The maximum absolute atomic E-state index is 10.5. The van der Waals surface area contributed by atoms with Gasteiger partial charge in [-0.1, -0.05) is 0 Å². The minimum absolute atomic E-state index is 0.0737. The van der Waals surface area contributed by atoms with Crippen molar-refractivity contribution in [1.82, 2.24) is 0 Å². The first-order valence-electron chi connectivity index (χ1n) is 2.88. The first kappa shape index (κ1) is 8.30. The van der Waals surface area contributed by atoms with Crippen molar-refractivity contribution in [1.29, 1.82) is 0 Å². The summed E-state index contributed by atoms with van der Waals surface area (Å²) < 4.78 is 0. The van der Waals surface area contributed by atoms with E-state index in [-0.39, 0.29) is 12.2 Å². The highest BCUT2D eigenvalue weighted by Crippen LogP contribution is 1.90. The molecule has 3 heteroatoms. The van der Waals surface area contributed by atoms with Crippen LogP contribution in [0, 0.1) is 0 Å². The molecule has 51 valence electrons. The van der Waals surface area contributed by atoms with E-state index in [2.05, 4.69) is 0 Å². The van der Waals surface area contributed by atoms with Gasteiger partial charge in [0.15, 0.2) is 0 Å². The number of rotatable bonds is 5. The summed E-state index contributed by atoms with van der Waals surface area (Å²) in [6.07, 6.45) is 2.53. The van der Waals surface area contributed by atoms with Crippen LogP contribution in [0.4, 0.5) is 0 Å². The molecule has 9 heavy (non-hydrogen) atoms. The van der Waals surface area contributed by atoms with Gasteiger partial charge in [-0.3, -0.25) is 9.59 Å². The highest BCUT2D eigenvalue weighted by Gasteiger charge is 1.98. The molecule has 1 radical (unpaired) electrons. The van der Waals surface area contributed by atoms with Gasteiger partial charge in [-0.05, 0) is 13.0 Å². The number of hydrogen-bond acceptors (Lipinski definition) is 3. The molecule has 0 bridgehead atoms. The zero-order valence-corrected chi connectivity index (χ0v) is 5.22. The van der Waals surface area contributed by atoms with E-state index in [0.29, 0.717) is 19.4 Å². The first-order chi connectivity index (χ1) is 4.31. The van der Waals surface area contributed by atoms with Crippen molar-refractivity contribution in [2.24, 2.45) is 5.73 Å². The number of ketones is 1. The second-order valence-corrected chi connectivity index (χ2v) is 1.75. The zero-order valence-electron chi connectivity index (χ0n) is 5.22. The summed E-state index contributed by atoms with van der Waals surface area (Å²) in [5, 5.41) is 0. The number of Topliss-reactive ketones (excluding diaryl/α,β-unsaturated/α-hetero) is 1. The summed E-state index contributed by atoms with van der Waals surface area (Å²) >= 11 is 0. The van der Waals surface area contributed by atoms with Gasteiger partial charge in [-0.25, -0.2) is 0 Å². The Kier molecular flexibility index (Phi) is 5.01. The Morgan fingerprint density at radius 3 is 2.67 bits per heavy atom. The summed E-state index contributed by atoms with van der Waals surface area (Å²) in [6, 6.07) is 0. The zero-order chi connectivity index (χ0) is 7.11. The van der Waals surface area contributed by atoms with E-state index in [9.17, 15) is 9.59 Å². The average molecular weight is 128 g/mol. The Morgan fingerprint density at radius 2 is 2.22 bits per heavy atom. The van der Waals surface area contributed by atoms with E-state index >= 15 is 0 Å². The monoisotopic (exact) mass is 128 g/mol. The van der Waals surface area contributed by atoms with Crippen molar-refractivity contribution in [2.45, 2.75) is 19.3 Å². The van der Waals surface area contributed by atoms with Crippen molar-refractivity contribution >= 4 is 12.1 Å². The molecule has 0 fully saturated rings. The third kappa shape index (κ3) is 5.17. The molecular weight excluding hydrogens is 118 g/mol. The molecule has 0 aliphatic carbocycles. The Hall–Kier alpha value is -0.700. The minimum Gasteiger partial charge on any atom is -0.330 e. The van der Waals surface area contributed by atoms with E-state index in [1.165, 1.54) is 6.29 Å². The Bertz CT molecular complexity index is 101. The fourth-order valence-corrected chi connectivity index (χ4v) is 0.468. The van der Waals surface area contributed by atoms with Crippen LogP contribution in [-0.4, -0.2) is 18.6 Å². The lowest BCUT2D eigenvalue weighted by molar-refractivity contribution is -0.117. The van der Waals surface area contributed by atoms with Crippen LogP contribution in [0.1, 0.15) is 19.3 Å². The highest BCUT2D eigenvalue weighted by molar-refractivity contribution is 5.89. The van der Waals surface area contributed by atoms with Gasteiger partial charge in [0, 0.05) is 6.42 Å². The summed E-state index contributed by atoms with van der Waals surface area (Å²) in [7, 11) is 0. The number of carbonyl (C=O) groups excluding carboxylic acids is 2.